The minimum atomic E-state index is -5.08. The van der Waals surface area contributed by atoms with E-state index in [1.807, 2.05) is 26.0 Å². The highest BCUT2D eigenvalue weighted by Crippen LogP contribution is 2.44. The molecule has 2 aliphatic carbocycles. The molecule has 0 aromatic heterocycles. The van der Waals surface area contributed by atoms with Gasteiger partial charge in [-0.1, -0.05) is 39.0 Å². The van der Waals surface area contributed by atoms with Gasteiger partial charge in [-0.25, -0.2) is 4.79 Å². The van der Waals surface area contributed by atoms with Gasteiger partial charge < -0.3 is 30.3 Å². The minimum Gasteiger partial charge on any atom is -0.481 e. The fraction of sp³-hybridized carbons (Fsp3) is 0.720. The van der Waals surface area contributed by atoms with Crippen LogP contribution in [0.15, 0.2) is 23.8 Å². The number of hydrogen-bond donors (Lipinski definition) is 5. The van der Waals surface area contributed by atoms with Crippen molar-refractivity contribution in [2.75, 3.05) is 0 Å². The second-order valence-corrected chi connectivity index (χ2v) is 9.68. The molecule has 0 saturated heterocycles. The summed E-state index contributed by atoms with van der Waals surface area (Å²) in [4.78, 5) is 32.0. The van der Waals surface area contributed by atoms with E-state index in [4.69, 9.17) is 19.7 Å². The number of aliphatic carboxylic acids is 2. The second-order valence-electron chi connectivity index (χ2n) is 9.68. The van der Waals surface area contributed by atoms with Crippen LogP contribution in [0.5, 0.6) is 0 Å². The summed E-state index contributed by atoms with van der Waals surface area (Å²) in [7, 11) is 0. The number of carbonyl (C=O) groups is 3. The van der Waals surface area contributed by atoms with Crippen molar-refractivity contribution in [2.45, 2.75) is 89.9 Å². The van der Waals surface area contributed by atoms with Crippen LogP contribution in [0, 0.1) is 23.7 Å². The van der Waals surface area contributed by atoms with Crippen LogP contribution >= 0.6 is 0 Å². The Bertz CT molecular complexity index is 840. The number of fused-ring (bicyclic) bond motifs is 1. The molecule has 2 aliphatic rings. The number of rotatable bonds is 10. The van der Waals surface area contributed by atoms with Gasteiger partial charge in [-0.2, -0.15) is 13.2 Å². The van der Waals surface area contributed by atoms with Gasteiger partial charge in [-0.05, 0) is 43.1 Å². The Morgan fingerprint density at radius 3 is 2.27 bits per heavy atom. The first-order chi connectivity index (χ1) is 17.1. The predicted molar refractivity (Wildman–Crippen MR) is 125 cm³/mol. The van der Waals surface area contributed by atoms with E-state index in [-0.39, 0.29) is 42.5 Å². The molecular weight excluding hydrogens is 501 g/mol. The summed E-state index contributed by atoms with van der Waals surface area (Å²) in [6.07, 6.45) is -0.446. The van der Waals surface area contributed by atoms with Crippen molar-refractivity contribution in [1.82, 2.24) is 0 Å². The van der Waals surface area contributed by atoms with E-state index >= 15 is 0 Å². The van der Waals surface area contributed by atoms with Crippen molar-refractivity contribution in [3.8, 4) is 0 Å². The Kier molecular flexibility index (Phi) is 12.8. The highest BCUT2D eigenvalue weighted by molar-refractivity contribution is 5.73. The normalized spacial score (nSPS) is 27.5. The Labute approximate surface area is 213 Å². The van der Waals surface area contributed by atoms with Crippen LogP contribution < -0.4 is 0 Å². The number of halogens is 3. The third kappa shape index (κ3) is 10.8. The third-order valence-corrected chi connectivity index (χ3v) is 6.69. The van der Waals surface area contributed by atoms with E-state index in [9.17, 15) is 38.1 Å². The van der Waals surface area contributed by atoms with Crippen LogP contribution in [0.2, 0.25) is 0 Å². The quantitative estimate of drug-likeness (QED) is 0.263. The molecule has 5 N–H and O–H groups in total. The molecule has 0 saturated carbocycles. The first-order valence-corrected chi connectivity index (χ1v) is 12.2. The fourth-order valence-corrected chi connectivity index (χ4v) is 4.52. The van der Waals surface area contributed by atoms with Gasteiger partial charge in [0.05, 0.1) is 30.7 Å². The number of carboxylic acids is 2. The number of aliphatic hydroxyl groups excluding tert-OH is 3. The third-order valence-electron chi connectivity index (χ3n) is 6.69. The molecule has 2 rings (SSSR count). The number of carbonyl (C=O) groups excluding carboxylic acids is 1. The van der Waals surface area contributed by atoms with Crippen molar-refractivity contribution in [3.05, 3.63) is 23.8 Å². The number of ether oxygens (including phenoxy) is 1. The second kappa shape index (κ2) is 14.5. The van der Waals surface area contributed by atoms with Crippen molar-refractivity contribution >= 4 is 17.9 Å². The van der Waals surface area contributed by atoms with E-state index in [1.54, 1.807) is 0 Å². The Hall–Kier alpha value is -2.44. The molecule has 0 aliphatic heterocycles. The van der Waals surface area contributed by atoms with Gasteiger partial charge in [0.15, 0.2) is 0 Å². The summed E-state index contributed by atoms with van der Waals surface area (Å²) in [6.45, 7) is 5.85. The molecule has 0 unspecified atom stereocenters. The summed E-state index contributed by atoms with van der Waals surface area (Å²) >= 11 is 0. The van der Waals surface area contributed by atoms with E-state index < -0.39 is 42.5 Å². The predicted octanol–water partition coefficient (Wildman–Crippen LogP) is 3.07. The monoisotopic (exact) mass is 538 g/mol. The van der Waals surface area contributed by atoms with Crippen LogP contribution in [0.3, 0.4) is 0 Å². The number of allylic oxidation sites excluding steroid dienone is 2. The van der Waals surface area contributed by atoms with E-state index in [0.29, 0.717) is 25.7 Å². The average molecular weight is 539 g/mol. The highest BCUT2D eigenvalue weighted by atomic mass is 19.4. The Balaban J connectivity index is 0.000000856. The summed E-state index contributed by atoms with van der Waals surface area (Å²) in [5, 5.41) is 46.2. The number of esters is 1. The Morgan fingerprint density at radius 2 is 1.76 bits per heavy atom. The first-order valence-electron chi connectivity index (χ1n) is 12.2. The number of aliphatic hydroxyl groups is 3. The van der Waals surface area contributed by atoms with E-state index in [0.717, 1.165) is 5.57 Å². The fourth-order valence-electron chi connectivity index (χ4n) is 4.52. The summed E-state index contributed by atoms with van der Waals surface area (Å²) < 4.78 is 37.6. The van der Waals surface area contributed by atoms with Crippen LogP contribution in [-0.2, 0) is 19.1 Å². The van der Waals surface area contributed by atoms with Crippen LogP contribution in [-0.4, -0.2) is 74.0 Å². The summed E-state index contributed by atoms with van der Waals surface area (Å²) in [5.41, 5.74) is 0.958. The van der Waals surface area contributed by atoms with Gasteiger partial charge in [0.1, 0.15) is 6.10 Å². The number of hydrogen-bond acceptors (Lipinski definition) is 7. The minimum absolute atomic E-state index is 0.0156. The summed E-state index contributed by atoms with van der Waals surface area (Å²) in [5.74, 6) is -4.07. The van der Waals surface area contributed by atoms with Gasteiger partial charge in [0.2, 0.25) is 0 Å². The average Bonchev–Trinajstić information content (AvgIpc) is 2.76. The van der Waals surface area contributed by atoms with Crippen molar-refractivity contribution < 1.29 is 57.8 Å². The molecule has 0 spiro atoms. The van der Waals surface area contributed by atoms with Gasteiger partial charge in [0, 0.05) is 12.3 Å². The SMILES string of the molecule is CC[C@H](C)C(=O)O[C@H]1C[C@H](O)C=C2C=C[C@H](C)[C@H](CC[C@@H](O)C[C@@H](O)CC(=O)O)[C@H]21.O=C(O)C(F)(F)F. The lowest BCUT2D eigenvalue weighted by Gasteiger charge is -2.43. The lowest BCUT2D eigenvalue weighted by molar-refractivity contribution is -0.192. The maximum absolute atomic E-state index is 12.4. The maximum Gasteiger partial charge on any atom is 0.490 e. The molecular formula is C25H37F3O9. The van der Waals surface area contributed by atoms with Crippen LogP contribution in [0.4, 0.5) is 13.2 Å². The van der Waals surface area contributed by atoms with Gasteiger partial charge >= 0.3 is 24.1 Å². The van der Waals surface area contributed by atoms with Gasteiger partial charge in [0.25, 0.3) is 0 Å². The zero-order valence-electron chi connectivity index (χ0n) is 21.1. The number of alkyl halides is 3. The Morgan fingerprint density at radius 1 is 1.16 bits per heavy atom. The molecule has 0 bridgehead atoms. The molecule has 0 amide bonds. The lowest BCUT2D eigenvalue weighted by atomic mass is 9.66. The molecule has 37 heavy (non-hydrogen) atoms. The van der Waals surface area contributed by atoms with Crippen molar-refractivity contribution in [3.63, 3.8) is 0 Å². The molecule has 0 radical (unpaired) electrons. The van der Waals surface area contributed by atoms with Gasteiger partial charge in [-0.3, -0.25) is 9.59 Å². The first kappa shape index (κ1) is 32.6. The maximum atomic E-state index is 12.4. The van der Waals surface area contributed by atoms with Crippen LogP contribution in [0.1, 0.15) is 59.3 Å². The van der Waals surface area contributed by atoms with Crippen molar-refractivity contribution in [1.29, 1.82) is 0 Å². The lowest BCUT2D eigenvalue weighted by Crippen LogP contribution is -2.43. The summed E-state index contributed by atoms with van der Waals surface area (Å²) in [6, 6.07) is 0. The molecule has 212 valence electrons. The molecule has 0 aromatic rings. The largest absolute Gasteiger partial charge is 0.490 e. The smallest absolute Gasteiger partial charge is 0.481 e. The van der Waals surface area contributed by atoms with E-state index in [1.165, 1.54) is 0 Å². The number of carboxylic acid groups (broad SMARTS) is 2. The standard InChI is InChI=1S/C23H36O7.C2HF3O2/c1-4-13(2)23(29)30-20-11-17(25)9-15-6-5-14(3)19(22(15)20)8-7-16(24)10-18(26)12-21(27)28;3-2(4,5)1(6)7/h5-6,9,13-14,16-20,22,24-26H,4,7-8,10-12H2,1-3H3,(H,27,28);(H,6,7)/t13-,14-,16+,17+,18+,19-,20-,22-;/m0./s1. The van der Waals surface area contributed by atoms with E-state index in [2.05, 4.69) is 13.0 Å². The zero-order chi connectivity index (χ0) is 28.5. The molecule has 0 fully saturated rings. The highest BCUT2D eigenvalue weighted by Gasteiger charge is 2.42. The molecule has 0 heterocycles. The molecule has 12 heteroatoms. The molecule has 0 aromatic carbocycles. The zero-order valence-corrected chi connectivity index (χ0v) is 21.1. The molecule has 9 nitrogen and oxygen atoms in total. The van der Waals surface area contributed by atoms with Crippen LogP contribution in [0.25, 0.3) is 0 Å². The van der Waals surface area contributed by atoms with Gasteiger partial charge in [-0.15, -0.1) is 0 Å². The van der Waals surface area contributed by atoms with Crippen molar-refractivity contribution in [2.24, 2.45) is 23.7 Å². The molecule has 8 atom stereocenters. The topological polar surface area (TPSA) is 162 Å².